The summed E-state index contributed by atoms with van der Waals surface area (Å²) >= 11 is 0. The van der Waals surface area contributed by atoms with Gasteiger partial charge in [-0.05, 0) is 19.9 Å². The number of likely N-dealkylation sites (N-methyl/N-ethyl adjacent to an activating group) is 1. The van der Waals surface area contributed by atoms with E-state index in [9.17, 15) is 4.79 Å². The molecule has 0 N–H and O–H groups in total. The molecule has 0 aliphatic heterocycles. The third-order valence-electron chi connectivity index (χ3n) is 2.14. The second kappa shape index (κ2) is 4.58. The number of hydrogen-bond acceptors (Lipinski definition) is 3. The van der Waals surface area contributed by atoms with Crippen LogP contribution in [0.15, 0.2) is 0 Å². The van der Waals surface area contributed by atoms with E-state index >= 15 is 0 Å². The second-order valence-electron chi connectivity index (χ2n) is 3.47. The van der Waals surface area contributed by atoms with Gasteiger partial charge in [0.05, 0.1) is 13.2 Å². The highest BCUT2D eigenvalue weighted by atomic mass is 16.5. The van der Waals surface area contributed by atoms with Crippen molar-refractivity contribution in [2.75, 3.05) is 33.9 Å². The van der Waals surface area contributed by atoms with Crippen molar-refractivity contribution >= 4 is 5.78 Å². The van der Waals surface area contributed by atoms with Gasteiger partial charge in [0.25, 0.3) is 0 Å². The molecule has 0 saturated heterocycles. The molecular formula is C9H17NO2. The number of ether oxygens (including phenoxy) is 1. The van der Waals surface area contributed by atoms with Gasteiger partial charge in [0.15, 0.2) is 0 Å². The van der Waals surface area contributed by atoms with Crippen molar-refractivity contribution in [1.29, 1.82) is 0 Å². The maximum atomic E-state index is 11.3. The monoisotopic (exact) mass is 171 g/mol. The molecule has 0 spiro atoms. The zero-order chi connectivity index (χ0) is 8.97. The maximum absolute atomic E-state index is 11.3. The summed E-state index contributed by atoms with van der Waals surface area (Å²) < 4.78 is 4.92. The Hall–Kier alpha value is -0.410. The van der Waals surface area contributed by atoms with Crippen LogP contribution in [0.2, 0.25) is 0 Å². The first-order valence-corrected chi connectivity index (χ1v) is 4.44. The van der Waals surface area contributed by atoms with E-state index in [1.807, 2.05) is 11.9 Å². The largest absolute Gasteiger partial charge is 0.383 e. The predicted octanol–water partition coefficient (Wildman–Crippen LogP) is 0.544. The number of nitrogens with zero attached hydrogens (tertiary/aromatic N) is 1. The van der Waals surface area contributed by atoms with Gasteiger partial charge in [0, 0.05) is 19.6 Å². The molecule has 3 nitrogen and oxygen atoms in total. The summed E-state index contributed by atoms with van der Waals surface area (Å²) in [4.78, 5) is 13.3. The fourth-order valence-electron chi connectivity index (χ4n) is 1.13. The number of carbonyl (C=O) groups excluding carboxylic acids is 1. The third kappa shape index (κ3) is 3.32. The molecule has 70 valence electrons. The molecule has 0 aromatic heterocycles. The van der Waals surface area contributed by atoms with Crippen molar-refractivity contribution in [3.63, 3.8) is 0 Å². The number of Topliss-reactive ketones (excluding diaryl/α,β-unsaturated/α-hetero) is 1. The standard InChI is InChI=1S/C9H17NO2/c1-10(5-6-12-2)7-9(11)8-3-4-8/h8H,3-7H2,1-2H3. The molecule has 0 amide bonds. The Morgan fingerprint density at radius 1 is 1.58 bits per heavy atom. The van der Waals surface area contributed by atoms with Crippen molar-refractivity contribution in [2.45, 2.75) is 12.8 Å². The van der Waals surface area contributed by atoms with E-state index < -0.39 is 0 Å². The normalized spacial score (nSPS) is 16.9. The summed E-state index contributed by atoms with van der Waals surface area (Å²) in [6.07, 6.45) is 2.22. The van der Waals surface area contributed by atoms with Gasteiger partial charge in [0.2, 0.25) is 0 Å². The van der Waals surface area contributed by atoms with Crippen LogP contribution in [0.25, 0.3) is 0 Å². The molecule has 0 atom stereocenters. The molecule has 1 saturated carbocycles. The topological polar surface area (TPSA) is 29.5 Å². The van der Waals surface area contributed by atoms with E-state index in [1.165, 1.54) is 0 Å². The van der Waals surface area contributed by atoms with E-state index in [2.05, 4.69) is 0 Å². The Labute approximate surface area is 73.7 Å². The Bertz CT molecular complexity index is 155. The number of methoxy groups -OCH3 is 1. The highest BCUT2D eigenvalue weighted by molar-refractivity contribution is 5.84. The van der Waals surface area contributed by atoms with E-state index in [0.29, 0.717) is 24.9 Å². The lowest BCUT2D eigenvalue weighted by atomic mass is 10.2. The van der Waals surface area contributed by atoms with Crippen molar-refractivity contribution in [1.82, 2.24) is 4.90 Å². The average molecular weight is 171 g/mol. The molecule has 0 heterocycles. The van der Waals surface area contributed by atoms with E-state index in [4.69, 9.17) is 4.74 Å². The third-order valence-corrected chi connectivity index (χ3v) is 2.14. The van der Waals surface area contributed by atoms with Gasteiger partial charge in [-0.3, -0.25) is 9.69 Å². The van der Waals surface area contributed by atoms with Crippen molar-refractivity contribution in [2.24, 2.45) is 5.92 Å². The molecule has 0 radical (unpaired) electrons. The Morgan fingerprint density at radius 2 is 2.25 bits per heavy atom. The molecule has 0 bridgehead atoms. The minimum Gasteiger partial charge on any atom is -0.383 e. The first-order chi connectivity index (χ1) is 5.74. The van der Waals surface area contributed by atoms with Crippen LogP contribution >= 0.6 is 0 Å². The number of carbonyl (C=O) groups is 1. The SMILES string of the molecule is COCCN(C)CC(=O)C1CC1. The summed E-state index contributed by atoms with van der Waals surface area (Å²) in [6.45, 7) is 2.14. The number of hydrogen-bond donors (Lipinski definition) is 0. The van der Waals surface area contributed by atoms with Gasteiger partial charge in [-0.2, -0.15) is 0 Å². The molecule has 1 aliphatic rings. The van der Waals surface area contributed by atoms with Crippen LogP contribution in [0.4, 0.5) is 0 Å². The lowest BCUT2D eigenvalue weighted by Gasteiger charge is -2.14. The molecule has 0 aromatic carbocycles. The van der Waals surface area contributed by atoms with Crippen molar-refractivity contribution in [3.8, 4) is 0 Å². The maximum Gasteiger partial charge on any atom is 0.149 e. The Balaban J connectivity index is 2.07. The van der Waals surface area contributed by atoms with E-state index in [0.717, 1.165) is 19.4 Å². The first-order valence-electron chi connectivity index (χ1n) is 4.44. The Morgan fingerprint density at radius 3 is 2.75 bits per heavy atom. The second-order valence-corrected chi connectivity index (χ2v) is 3.47. The van der Waals surface area contributed by atoms with Crippen LogP contribution in [0.1, 0.15) is 12.8 Å². The Kier molecular flexibility index (Phi) is 3.69. The molecule has 0 aromatic rings. The zero-order valence-corrected chi connectivity index (χ0v) is 7.88. The van der Waals surface area contributed by atoms with Gasteiger partial charge in [-0.1, -0.05) is 0 Å². The fourth-order valence-corrected chi connectivity index (χ4v) is 1.13. The molecule has 12 heavy (non-hydrogen) atoms. The van der Waals surface area contributed by atoms with Crippen LogP contribution in [-0.4, -0.2) is 44.5 Å². The van der Waals surface area contributed by atoms with Crippen molar-refractivity contribution in [3.05, 3.63) is 0 Å². The molecular weight excluding hydrogens is 154 g/mol. The van der Waals surface area contributed by atoms with Crippen LogP contribution in [0.5, 0.6) is 0 Å². The van der Waals surface area contributed by atoms with Gasteiger partial charge < -0.3 is 4.74 Å². The van der Waals surface area contributed by atoms with E-state index in [-0.39, 0.29) is 0 Å². The molecule has 0 unspecified atom stereocenters. The predicted molar refractivity (Wildman–Crippen MR) is 47.1 cm³/mol. The van der Waals surface area contributed by atoms with Crippen LogP contribution in [-0.2, 0) is 9.53 Å². The van der Waals surface area contributed by atoms with Gasteiger partial charge in [-0.25, -0.2) is 0 Å². The molecule has 1 fully saturated rings. The molecule has 1 aliphatic carbocycles. The summed E-state index contributed by atoms with van der Waals surface area (Å²) in [7, 11) is 3.63. The summed E-state index contributed by atoms with van der Waals surface area (Å²) in [5.74, 6) is 0.781. The lowest BCUT2D eigenvalue weighted by molar-refractivity contribution is -0.121. The van der Waals surface area contributed by atoms with Gasteiger partial charge >= 0.3 is 0 Å². The number of rotatable bonds is 6. The lowest BCUT2D eigenvalue weighted by Crippen LogP contribution is -2.29. The summed E-state index contributed by atoms with van der Waals surface area (Å²) in [5.41, 5.74) is 0. The number of ketones is 1. The summed E-state index contributed by atoms with van der Waals surface area (Å²) in [5, 5.41) is 0. The molecule has 1 rings (SSSR count). The summed E-state index contributed by atoms with van der Waals surface area (Å²) in [6, 6.07) is 0. The van der Waals surface area contributed by atoms with Gasteiger partial charge in [-0.15, -0.1) is 0 Å². The average Bonchev–Trinajstić information content (AvgIpc) is 2.82. The van der Waals surface area contributed by atoms with Crippen LogP contribution in [0.3, 0.4) is 0 Å². The van der Waals surface area contributed by atoms with Gasteiger partial charge in [0.1, 0.15) is 5.78 Å². The molecule has 3 heteroatoms. The minimum atomic E-state index is 0.384. The highest BCUT2D eigenvalue weighted by Crippen LogP contribution is 2.29. The van der Waals surface area contributed by atoms with Crippen LogP contribution in [0, 0.1) is 5.92 Å². The zero-order valence-electron chi connectivity index (χ0n) is 7.88. The fraction of sp³-hybridized carbons (Fsp3) is 0.889. The highest BCUT2D eigenvalue weighted by Gasteiger charge is 2.29. The minimum absolute atomic E-state index is 0.384. The first kappa shape index (κ1) is 9.68. The quantitative estimate of drug-likeness (QED) is 0.584. The smallest absolute Gasteiger partial charge is 0.149 e. The van der Waals surface area contributed by atoms with Crippen LogP contribution < -0.4 is 0 Å². The van der Waals surface area contributed by atoms with Crippen molar-refractivity contribution < 1.29 is 9.53 Å². The van der Waals surface area contributed by atoms with E-state index in [1.54, 1.807) is 7.11 Å².